The fourth-order valence-corrected chi connectivity index (χ4v) is 5.28. The Morgan fingerprint density at radius 2 is 1.64 bits per heavy atom. The largest absolute Gasteiger partial charge is 0.462 e. The third-order valence-electron chi connectivity index (χ3n) is 7.42. The summed E-state index contributed by atoms with van der Waals surface area (Å²) in [5.74, 6) is -1.02. The van der Waals surface area contributed by atoms with Gasteiger partial charge >= 0.3 is 5.97 Å². The van der Waals surface area contributed by atoms with Gasteiger partial charge in [-0.15, -0.1) is 0 Å². The van der Waals surface area contributed by atoms with Crippen LogP contribution in [0.2, 0.25) is 0 Å². The number of fused-ring (bicyclic) bond motifs is 1. The van der Waals surface area contributed by atoms with Crippen LogP contribution in [0, 0.1) is 0 Å². The van der Waals surface area contributed by atoms with Crippen molar-refractivity contribution < 1.29 is 23.9 Å². The van der Waals surface area contributed by atoms with E-state index >= 15 is 0 Å². The first kappa shape index (κ1) is 28.6. The van der Waals surface area contributed by atoms with E-state index in [-0.39, 0.29) is 30.9 Å². The van der Waals surface area contributed by atoms with Crippen LogP contribution in [0.5, 0.6) is 0 Å². The van der Waals surface area contributed by atoms with Crippen molar-refractivity contribution in [2.45, 2.75) is 33.1 Å². The molecule has 5 rings (SSSR count). The van der Waals surface area contributed by atoms with Crippen LogP contribution in [0.15, 0.2) is 72.8 Å². The fraction of sp³-hybridized carbons (Fsp3) is 0.273. The van der Waals surface area contributed by atoms with Gasteiger partial charge in [-0.3, -0.25) is 14.4 Å². The second-order valence-corrected chi connectivity index (χ2v) is 10.3. The summed E-state index contributed by atoms with van der Waals surface area (Å²) >= 11 is 0. The van der Waals surface area contributed by atoms with Crippen molar-refractivity contribution >= 4 is 52.0 Å². The summed E-state index contributed by atoms with van der Waals surface area (Å²) < 4.78 is 5.11. The lowest BCUT2D eigenvalue weighted by Crippen LogP contribution is -2.44. The zero-order valence-electron chi connectivity index (χ0n) is 23.8. The molecule has 0 bridgehead atoms. The van der Waals surface area contributed by atoms with Crippen molar-refractivity contribution in [1.29, 1.82) is 0 Å². The van der Waals surface area contributed by atoms with E-state index in [1.54, 1.807) is 37.3 Å². The molecular formula is C33H34N4O5. The standard InChI is InChI=1S/C33H34N4O5/c1-3-42-33(41)24-12-17-27-28(20-24)35-32(40)30(27)31(23-10-6-4-7-11-23)34-25-13-15-26(16-14-25)37(22(2)38)21-29(39)36-18-8-5-9-19-36/h4,6-7,10-17,20,34H,3,5,8-9,18-19,21H2,1-2H3,(H,35,40)/b31-30-. The molecule has 3 aromatic carbocycles. The Labute approximate surface area is 245 Å². The van der Waals surface area contributed by atoms with Crippen molar-refractivity contribution in [3.05, 3.63) is 89.5 Å². The van der Waals surface area contributed by atoms with Crippen LogP contribution < -0.4 is 15.5 Å². The number of esters is 1. The molecule has 2 N–H and O–H groups in total. The van der Waals surface area contributed by atoms with Crippen molar-refractivity contribution in [1.82, 2.24) is 4.90 Å². The van der Waals surface area contributed by atoms with Crippen LogP contribution in [-0.4, -0.2) is 54.8 Å². The van der Waals surface area contributed by atoms with Crippen LogP contribution in [0.3, 0.4) is 0 Å². The molecular weight excluding hydrogens is 532 g/mol. The smallest absolute Gasteiger partial charge is 0.338 e. The van der Waals surface area contributed by atoms with Gasteiger partial charge in [0.15, 0.2) is 0 Å². The Bertz CT molecular complexity index is 1530. The first-order valence-electron chi connectivity index (χ1n) is 14.2. The van der Waals surface area contributed by atoms with Crippen molar-refractivity contribution in [2.24, 2.45) is 0 Å². The van der Waals surface area contributed by atoms with Crippen LogP contribution in [0.4, 0.5) is 17.1 Å². The summed E-state index contributed by atoms with van der Waals surface area (Å²) in [5.41, 5.74) is 4.68. The summed E-state index contributed by atoms with van der Waals surface area (Å²) in [6.45, 7) is 4.90. The number of carbonyl (C=O) groups excluding carboxylic acids is 4. The van der Waals surface area contributed by atoms with E-state index in [2.05, 4.69) is 10.6 Å². The minimum Gasteiger partial charge on any atom is -0.462 e. The number of piperidine rings is 1. The number of carbonyl (C=O) groups is 4. The molecule has 3 aromatic rings. The van der Waals surface area contributed by atoms with Crippen LogP contribution >= 0.6 is 0 Å². The molecule has 0 saturated carbocycles. The SMILES string of the molecule is CCOC(=O)c1ccc2c(c1)NC(=O)/C2=C(\Nc1ccc(N(CC(=O)N2CCCCC2)C(C)=O)cc1)c1ccccc1. The molecule has 0 aliphatic carbocycles. The first-order valence-corrected chi connectivity index (χ1v) is 14.2. The highest BCUT2D eigenvalue weighted by Gasteiger charge is 2.29. The van der Waals surface area contributed by atoms with Crippen LogP contribution in [0.25, 0.3) is 11.3 Å². The van der Waals surface area contributed by atoms with Crippen LogP contribution in [0.1, 0.15) is 54.6 Å². The Kier molecular flexibility index (Phi) is 8.66. The minimum atomic E-state index is -0.453. The zero-order valence-corrected chi connectivity index (χ0v) is 23.8. The van der Waals surface area contributed by atoms with E-state index in [0.717, 1.165) is 37.9 Å². The lowest BCUT2D eigenvalue weighted by atomic mass is 9.99. The number of nitrogens with one attached hydrogen (secondary N) is 2. The molecule has 216 valence electrons. The Morgan fingerprint density at radius 1 is 0.929 bits per heavy atom. The fourth-order valence-electron chi connectivity index (χ4n) is 5.28. The summed E-state index contributed by atoms with van der Waals surface area (Å²) in [5, 5.41) is 6.28. The maximum Gasteiger partial charge on any atom is 0.338 e. The molecule has 42 heavy (non-hydrogen) atoms. The van der Waals surface area contributed by atoms with Gasteiger partial charge < -0.3 is 25.2 Å². The summed E-state index contributed by atoms with van der Waals surface area (Å²) in [6, 6.07) is 21.7. The van der Waals surface area contributed by atoms with E-state index in [1.165, 1.54) is 11.8 Å². The maximum atomic E-state index is 13.3. The number of amides is 3. The Morgan fingerprint density at radius 3 is 2.31 bits per heavy atom. The lowest BCUT2D eigenvalue weighted by molar-refractivity contribution is -0.132. The second kappa shape index (κ2) is 12.7. The van der Waals surface area contributed by atoms with Gasteiger partial charge in [-0.1, -0.05) is 36.4 Å². The Balaban J connectivity index is 1.44. The van der Waals surface area contributed by atoms with E-state index in [1.807, 2.05) is 47.4 Å². The van der Waals surface area contributed by atoms with Gasteiger partial charge in [0.2, 0.25) is 11.8 Å². The van der Waals surface area contributed by atoms with Gasteiger partial charge in [-0.25, -0.2) is 4.79 Å². The van der Waals surface area contributed by atoms with E-state index < -0.39 is 5.97 Å². The van der Waals surface area contributed by atoms with Gasteiger partial charge in [0.05, 0.1) is 29.1 Å². The highest BCUT2D eigenvalue weighted by Crippen LogP contribution is 2.38. The van der Waals surface area contributed by atoms with Crippen LogP contribution in [-0.2, 0) is 19.1 Å². The van der Waals surface area contributed by atoms with Crippen molar-refractivity contribution in [3.8, 4) is 0 Å². The van der Waals surface area contributed by atoms with Crippen molar-refractivity contribution in [2.75, 3.05) is 41.8 Å². The van der Waals surface area contributed by atoms with Gasteiger partial charge in [0.1, 0.15) is 6.54 Å². The molecule has 0 atom stereocenters. The number of benzene rings is 3. The predicted molar refractivity (Wildman–Crippen MR) is 163 cm³/mol. The maximum absolute atomic E-state index is 13.3. The third-order valence-corrected chi connectivity index (χ3v) is 7.42. The number of ether oxygens (including phenoxy) is 1. The molecule has 0 spiro atoms. The van der Waals surface area contributed by atoms with Gasteiger partial charge in [0, 0.05) is 37.0 Å². The van der Waals surface area contributed by atoms with Gasteiger partial charge in [0.25, 0.3) is 5.91 Å². The predicted octanol–water partition coefficient (Wildman–Crippen LogP) is 5.16. The number of anilines is 3. The van der Waals surface area contributed by atoms with E-state index in [9.17, 15) is 19.2 Å². The number of hydrogen-bond donors (Lipinski definition) is 2. The molecule has 9 nitrogen and oxygen atoms in total. The average molecular weight is 567 g/mol. The highest BCUT2D eigenvalue weighted by atomic mass is 16.5. The number of rotatable bonds is 8. The Hall–Kier alpha value is -4.92. The third kappa shape index (κ3) is 6.20. The van der Waals surface area contributed by atoms with Gasteiger partial charge in [-0.2, -0.15) is 0 Å². The second-order valence-electron chi connectivity index (χ2n) is 10.3. The monoisotopic (exact) mass is 566 g/mol. The van der Waals surface area contributed by atoms with E-state index in [0.29, 0.717) is 39.5 Å². The molecule has 0 aromatic heterocycles. The summed E-state index contributed by atoms with van der Waals surface area (Å²) in [4.78, 5) is 54.2. The zero-order chi connectivity index (χ0) is 29.6. The summed E-state index contributed by atoms with van der Waals surface area (Å²) in [6.07, 6.45) is 3.10. The quantitative estimate of drug-likeness (QED) is 0.288. The highest BCUT2D eigenvalue weighted by molar-refractivity contribution is 6.37. The molecule has 0 radical (unpaired) electrons. The van der Waals surface area contributed by atoms with E-state index in [4.69, 9.17) is 4.74 Å². The number of hydrogen-bond acceptors (Lipinski definition) is 6. The molecule has 1 saturated heterocycles. The first-order chi connectivity index (χ1) is 20.4. The lowest BCUT2D eigenvalue weighted by Gasteiger charge is -2.29. The molecule has 2 heterocycles. The molecule has 0 unspecified atom stereocenters. The molecule has 9 heteroatoms. The molecule has 1 fully saturated rings. The number of likely N-dealkylation sites (tertiary alicyclic amines) is 1. The number of nitrogens with zero attached hydrogens (tertiary/aromatic N) is 2. The molecule has 3 amide bonds. The minimum absolute atomic E-state index is 0.00777. The van der Waals surface area contributed by atoms with Gasteiger partial charge in [-0.05, 0) is 68.1 Å². The average Bonchev–Trinajstić information content (AvgIpc) is 3.34. The topological polar surface area (TPSA) is 108 Å². The summed E-state index contributed by atoms with van der Waals surface area (Å²) in [7, 11) is 0. The van der Waals surface area contributed by atoms with Crippen molar-refractivity contribution in [3.63, 3.8) is 0 Å². The molecule has 2 aliphatic heterocycles. The normalized spacial score (nSPS) is 15.4. The molecule has 2 aliphatic rings.